The molecule has 1 fully saturated rings. The van der Waals surface area contributed by atoms with E-state index in [1.807, 2.05) is 55.1 Å². The predicted molar refractivity (Wildman–Crippen MR) is 116 cm³/mol. The SMILES string of the molecule is CC(C)OC(=O)N1CCC(n2ncc(COc3ccc(-n4cccn4)cc3)c2N)CC1. The number of hydrogen-bond acceptors (Lipinski definition) is 6. The Morgan fingerprint density at radius 3 is 2.58 bits per heavy atom. The van der Waals surface area contributed by atoms with Gasteiger partial charge in [0, 0.05) is 25.5 Å². The number of hydrogen-bond donors (Lipinski definition) is 1. The van der Waals surface area contributed by atoms with Crippen molar-refractivity contribution in [2.45, 2.75) is 45.4 Å². The van der Waals surface area contributed by atoms with Crippen LogP contribution in [0.3, 0.4) is 0 Å². The second kappa shape index (κ2) is 9.11. The lowest BCUT2D eigenvalue weighted by Gasteiger charge is -2.32. The van der Waals surface area contributed by atoms with Crippen LogP contribution in [0.5, 0.6) is 5.75 Å². The molecule has 0 unspecified atom stereocenters. The fourth-order valence-corrected chi connectivity index (χ4v) is 3.66. The maximum absolute atomic E-state index is 12.1. The van der Waals surface area contributed by atoms with E-state index >= 15 is 0 Å². The number of anilines is 1. The average Bonchev–Trinajstić information content (AvgIpc) is 3.43. The summed E-state index contributed by atoms with van der Waals surface area (Å²) in [4.78, 5) is 13.8. The quantitative estimate of drug-likeness (QED) is 0.651. The molecule has 2 aromatic heterocycles. The number of likely N-dealkylation sites (tertiary alicyclic amines) is 1. The summed E-state index contributed by atoms with van der Waals surface area (Å²) in [7, 11) is 0. The Bertz CT molecular complexity index is 989. The molecule has 9 heteroatoms. The lowest BCUT2D eigenvalue weighted by Crippen LogP contribution is -2.40. The van der Waals surface area contributed by atoms with Crippen LogP contribution in [-0.2, 0) is 11.3 Å². The molecule has 1 aromatic carbocycles. The molecule has 1 aliphatic heterocycles. The van der Waals surface area contributed by atoms with E-state index in [4.69, 9.17) is 15.2 Å². The third kappa shape index (κ3) is 4.82. The highest BCUT2D eigenvalue weighted by molar-refractivity contribution is 5.67. The first-order valence-electron chi connectivity index (χ1n) is 10.5. The van der Waals surface area contributed by atoms with E-state index in [1.54, 1.807) is 22.0 Å². The smallest absolute Gasteiger partial charge is 0.410 e. The molecule has 0 radical (unpaired) electrons. The maximum Gasteiger partial charge on any atom is 0.410 e. The molecule has 164 valence electrons. The van der Waals surface area contributed by atoms with Crippen LogP contribution >= 0.6 is 0 Å². The number of nitrogen functional groups attached to an aromatic ring is 1. The van der Waals surface area contributed by atoms with Crippen molar-refractivity contribution < 1.29 is 14.3 Å². The highest BCUT2D eigenvalue weighted by Gasteiger charge is 2.27. The fourth-order valence-electron chi connectivity index (χ4n) is 3.66. The Kier molecular flexibility index (Phi) is 6.11. The van der Waals surface area contributed by atoms with Gasteiger partial charge in [-0.25, -0.2) is 14.2 Å². The van der Waals surface area contributed by atoms with Crippen molar-refractivity contribution in [3.63, 3.8) is 0 Å². The molecule has 4 rings (SSSR count). The maximum atomic E-state index is 12.1. The Morgan fingerprint density at radius 1 is 1.19 bits per heavy atom. The van der Waals surface area contributed by atoms with Crippen LogP contribution in [0.1, 0.15) is 38.3 Å². The minimum absolute atomic E-state index is 0.115. The van der Waals surface area contributed by atoms with E-state index in [0.29, 0.717) is 25.5 Å². The van der Waals surface area contributed by atoms with Crippen molar-refractivity contribution in [2.75, 3.05) is 18.8 Å². The molecule has 1 aliphatic rings. The normalized spacial score (nSPS) is 14.7. The number of rotatable bonds is 6. The van der Waals surface area contributed by atoms with Crippen LogP contribution in [0.4, 0.5) is 10.6 Å². The minimum Gasteiger partial charge on any atom is -0.489 e. The number of carbonyl (C=O) groups excluding carboxylic acids is 1. The third-order valence-electron chi connectivity index (χ3n) is 5.32. The third-order valence-corrected chi connectivity index (χ3v) is 5.32. The van der Waals surface area contributed by atoms with Crippen molar-refractivity contribution in [1.29, 1.82) is 0 Å². The summed E-state index contributed by atoms with van der Waals surface area (Å²) in [5.74, 6) is 1.36. The zero-order valence-corrected chi connectivity index (χ0v) is 17.8. The Hall–Kier alpha value is -3.49. The summed E-state index contributed by atoms with van der Waals surface area (Å²) in [5.41, 5.74) is 8.16. The lowest BCUT2D eigenvalue weighted by molar-refractivity contribution is 0.0655. The van der Waals surface area contributed by atoms with E-state index in [0.717, 1.165) is 29.8 Å². The average molecular weight is 425 g/mol. The molecular weight excluding hydrogens is 396 g/mol. The van der Waals surface area contributed by atoms with Crippen LogP contribution < -0.4 is 10.5 Å². The Balaban J connectivity index is 1.32. The molecule has 31 heavy (non-hydrogen) atoms. The molecule has 0 saturated carbocycles. The van der Waals surface area contributed by atoms with E-state index in [1.165, 1.54) is 0 Å². The molecule has 1 saturated heterocycles. The number of nitrogens with zero attached hydrogens (tertiary/aromatic N) is 5. The van der Waals surface area contributed by atoms with Crippen molar-refractivity contribution in [3.8, 4) is 11.4 Å². The van der Waals surface area contributed by atoms with Gasteiger partial charge in [0.05, 0.1) is 29.6 Å². The summed E-state index contributed by atoms with van der Waals surface area (Å²) in [6, 6.07) is 9.75. The van der Waals surface area contributed by atoms with Crippen molar-refractivity contribution in [3.05, 3.63) is 54.5 Å². The largest absolute Gasteiger partial charge is 0.489 e. The van der Waals surface area contributed by atoms with Crippen molar-refractivity contribution >= 4 is 11.9 Å². The molecule has 0 bridgehead atoms. The second-order valence-electron chi connectivity index (χ2n) is 7.88. The molecule has 3 aromatic rings. The van der Waals surface area contributed by atoms with Gasteiger partial charge in [0.1, 0.15) is 18.2 Å². The molecule has 0 spiro atoms. The van der Waals surface area contributed by atoms with Crippen molar-refractivity contribution in [1.82, 2.24) is 24.5 Å². The van der Waals surface area contributed by atoms with Gasteiger partial charge < -0.3 is 20.1 Å². The zero-order valence-electron chi connectivity index (χ0n) is 17.8. The highest BCUT2D eigenvalue weighted by Crippen LogP contribution is 2.27. The van der Waals surface area contributed by atoms with E-state index < -0.39 is 0 Å². The van der Waals surface area contributed by atoms with Gasteiger partial charge in [0.15, 0.2) is 0 Å². The number of carbonyl (C=O) groups is 1. The first-order valence-corrected chi connectivity index (χ1v) is 10.5. The second-order valence-corrected chi connectivity index (χ2v) is 7.88. The van der Waals surface area contributed by atoms with Gasteiger partial charge in [-0.1, -0.05) is 0 Å². The summed E-state index contributed by atoms with van der Waals surface area (Å²) < 4.78 is 14.8. The van der Waals surface area contributed by atoms with E-state index in [2.05, 4.69) is 10.2 Å². The molecule has 2 N–H and O–H groups in total. The lowest BCUT2D eigenvalue weighted by atomic mass is 10.1. The van der Waals surface area contributed by atoms with Crippen LogP contribution in [0.2, 0.25) is 0 Å². The first kappa shape index (κ1) is 20.8. The fraction of sp³-hybridized carbons (Fsp3) is 0.409. The molecular formula is C22H28N6O3. The predicted octanol–water partition coefficient (Wildman–Crippen LogP) is 3.41. The summed E-state index contributed by atoms with van der Waals surface area (Å²) in [6.45, 7) is 5.30. The Labute approximate surface area is 181 Å². The standard InChI is InChI=1S/C22H28N6O3/c1-16(2)31-22(29)26-12-8-19(9-13-26)28-21(23)17(14-25-28)15-30-20-6-4-18(5-7-20)27-11-3-10-24-27/h3-7,10-11,14,16,19H,8-9,12-13,15,23H2,1-2H3. The van der Waals surface area contributed by atoms with Crippen LogP contribution in [0, 0.1) is 0 Å². The summed E-state index contributed by atoms with van der Waals surface area (Å²) >= 11 is 0. The van der Waals surface area contributed by atoms with Crippen LogP contribution in [-0.4, -0.2) is 49.7 Å². The molecule has 1 amide bonds. The van der Waals surface area contributed by atoms with E-state index in [9.17, 15) is 4.79 Å². The van der Waals surface area contributed by atoms with Gasteiger partial charge in [0.2, 0.25) is 0 Å². The summed E-state index contributed by atoms with van der Waals surface area (Å²) in [5, 5.41) is 8.70. The zero-order chi connectivity index (χ0) is 21.8. The van der Waals surface area contributed by atoms with Crippen LogP contribution in [0.15, 0.2) is 48.9 Å². The number of benzene rings is 1. The number of amides is 1. The number of ether oxygens (including phenoxy) is 2. The molecule has 9 nitrogen and oxygen atoms in total. The highest BCUT2D eigenvalue weighted by atomic mass is 16.6. The number of piperidine rings is 1. The topological polar surface area (TPSA) is 100 Å². The van der Waals surface area contributed by atoms with E-state index in [-0.39, 0.29) is 18.2 Å². The monoisotopic (exact) mass is 424 g/mol. The van der Waals surface area contributed by atoms with Gasteiger partial charge in [-0.05, 0) is 57.0 Å². The van der Waals surface area contributed by atoms with Gasteiger partial charge in [0.25, 0.3) is 0 Å². The van der Waals surface area contributed by atoms with Crippen LogP contribution in [0.25, 0.3) is 5.69 Å². The number of nitrogens with two attached hydrogens (primary N) is 1. The summed E-state index contributed by atoms with van der Waals surface area (Å²) in [6.07, 6.45) is 6.59. The minimum atomic E-state index is -0.255. The van der Waals surface area contributed by atoms with Gasteiger partial charge in [-0.15, -0.1) is 0 Å². The van der Waals surface area contributed by atoms with Gasteiger partial charge in [-0.3, -0.25) is 0 Å². The number of aromatic nitrogens is 4. The van der Waals surface area contributed by atoms with Gasteiger partial charge in [-0.2, -0.15) is 10.2 Å². The molecule has 0 aliphatic carbocycles. The van der Waals surface area contributed by atoms with Crippen molar-refractivity contribution in [2.24, 2.45) is 0 Å². The first-order chi connectivity index (χ1) is 15.0. The molecule has 0 atom stereocenters. The van der Waals surface area contributed by atoms with Gasteiger partial charge >= 0.3 is 6.09 Å². The molecule has 3 heterocycles. The Morgan fingerprint density at radius 2 is 1.94 bits per heavy atom.